The molecule has 0 aliphatic heterocycles. The van der Waals surface area contributed by atoms with Gasteiger partial charge in [-0.1, -0.05) is 75.4 Å². The van der Waals surface area contributed by atoms with Gasteiger partial charge in [0.1, 0.15) is 0 Å². The number of unbranched alkanes of at least 4 members (excludes halogenated alkanes) is 5. The average Bonchev–Trinajstić information content (AvgIpc) is 2.82. The van der Waals surface area contributed by atoms with Crippen molar-refractivity contribution in [1.29, 1.82) is 0 Å². The minimum absolute atomic E-state index is 0.287. The fourth-order valence-electron chi connectivity index (χ4n) is 3.95. The Bertz CT molecular complexity index is 964. The summed E-state index contributed by atoms with van der Waals surface area (Å²) in [4.78, 5) is 16.7. The first kappa shape index (κ1) is 23.7. The average molecular weight is 430 g/mol. The van der Waals surface area contributed by atoms with Crippen LogP contribution >= 0.6 is 0 Å². The summed E-state index contributed by atoms with van der Waals surface area (Å²) in [5.74, 6) is -0.287. The van der Waals surface area contributed by atoms with E-state index in [1.54, 1.807) is 6.20 Å². The van der Waals surface area contributed by atoms with Crippen LogP contribution in [0.15, 0.2) is 66.9 Å². The standard InChI is InChI=1S/C29H35NO2/c1-3-4-5-6-7-8-11-24-13-15-25(16-14-24)28-18-17-26(22-23(28)2)29(31)32-21-19-27-12-9-10-20-30-27/h9-10,12-18,20,22H,3-8,11,19,21H2,1-2H3. The summed E-state index contributed by atoms with van der Waals surface area (Å²) in [6, 6.07) is 20.4. The third-order valence-electron chi connectivity index (χ3n) is 5.86. The van der Waals surface area contributed by atoms with Crippen LogP contribution in [0, 0.1) is 6.92 Å². The van der Waals surface area contributed by atoms with Crippen LogP contribution in [0.5, 0.6) is 0 Å². The summed E-state index contributed by atoms with van der Waals surface area (Å²) in [6.45, 7) is 4.63. The van der Waals surface area contributed by atoms with E-state index >= 15 is 0 Å². The number of carbonyl (C=O) groups is 1. The van der Waals surface area contributed by atoms with Gasteiger partial charge in [0.05, 0.1) is 12.2 Å². The van der Waals surface area contributed by atoms with Gasteiger partial charge in [0, 0.05) is 18.3 Å². The lowest BCUT2D eigenvalue weighted by Gasteiger charge is -2.10. The minimum Gasteiger partial charge on any atom is -0.462 e. The molecule has 0 fully saturated rings. The van der Waals surface area contributed by atoms with Gasteiger partial charge in [0.15, 0.2) is 0 Å². The van der Waals surface area contributed by atoms with Crippen LogP contribution in [0.1, 0.15) is 72.6 Å². The molecule has 0 aliphatic carbocycles. The fraction of sp³-hybridized carbons (Fsp3) is 0.379. The molecular weight excluding hydrogens is 394 g/mol. The number of aryl methyl sites for hydroxylation is 2. The summed E-state index contributed by atoms with van der Waals surface area (Å²) in [5, 5.41) is 0. The molecule has 3 nitrogen and oxygen atoms in total. The number of rotatable bonds is 12. The second kappa shape index (κ2) is 12.8. The molecule has 3 rings (SSSR count). The molecule has 32 heavy (non-hydrogen) atoms. The fourth-order valence-corrected chi connectivity index (χ4v) is 3.95. The molecular formula is C29H35NO2. The predicted octanol–water partition coefficient (Wildman–Crippen LogP) is 7.36. The molecule has 0 bridgehead atoms. The number of hydrogen-bond donors (Lipinski definition) is 0. The Morgan fingerprint density at radius 3 is 2.38 bits per heavy atom. The van der Waals surface area contributed by atoms with E-state index in [0.717, 1.165) is 23.2 Å². The summed E-state index contributed by atoms with van der Waals surface area (Å²) in [6.07, 6.45) is 11.5. The Balaban J connectivity index is 1.51. The Hall–Kier alpha value is -2.94. The van der Waals surface area contributed by atoms with Gasteiger partial charge in [0.2, 0.25) is 0 Å². The van der Waals surface area contributed by atoms with Gasteiger partial charge in [0.25, 0.3) is 0 Å². The highest BCUT2D eigenvalue weighted by molar-refractivity contribution is 5.90. The van der Waals surface area contributed by atoms with E-state index in [0.29, 0.717) is 18.6 Å². The van der Waals surface area contributed by atoms with Crippen molar-refractivity contribution in [2.45, 2.75) is 65.2 Å². The van der Waals surface area contributed by atoms with Gasteiger partial charge in [-0.2, -0.15) is 0 Å². The Morgan fingerprint density at radius 2 is 1.66 bits per heavy atom. The van der Waals surface area contributed by atoms with Crippen molar-refractivity contribution in [3.05, 3.63) is 89.2 Å². The van der Waals surface area contributed by atoms with E-state index in [1.165, 1.54) is 49.7 Å². The molecule has 0 N–H and O–H groups in total. The molecule has 3 heteroatoms. The van der Waals surface area contributed by atoms with Gasteiger partial charge in [-0.15, -0.1) is 0 Å². The highest BCUT2D eigenvalue weighted by atomic mass is 16.5. The molecule has 0 amide bonds. The first-order valence-corrected chi connectivity index (χ1v) is 11.9. The Kier molecular flexibility index (Phi) is 9.49. The molecule has 0 aliphatic rings. The van der Waals surface area contributed by atoms with E-state index < -0.39 is 0 Å². The molecule has 168 valence electrons. The number of hydrogen-bond acceptors (Lipinski definition) is 3. The van der Waals surface area contributed by atoms with Crippen molar-refractivity contribution in [3.63, 3.8) is 0 Å². The zero-order chi connectivity index (χ0) is 22.6. The lowest BCUT2D eigenvalue weighted by atomic mass is 9.96. The van der Waals surface area contributed by atoms with Gasteiger partial charge in [-0.25, -0.2) is 4.79 Å². The number of pyridine rings is 1. The van der Waals surface area contributed by atoms with Gasteiger partial charge in [-0.3, -0.25) is 4.98 Å². The highest BCUT2D eigenvalue weighted by Gasteiger charge is 2.10. The van der Waals surface area contributed by atoms with Crippen molar-refractivity contribution in [1.82, 2.24) is 4.98 Å². The van der Waals surface area contributed by atoms with Crippen molar-refractivity contribution in [2.75, 3.05) is 6.61 Å². The Morgan fingerprint density at radius 1 is 0.875 bits per heavy atom. The first-order valence-electron chi connectivity index (χ1n) is 11.9. The van der Waals surface area contributed by atoms with Crippen LogP contribution in [0.3, 0.4) is 0 Å². The zero-order valence-corrected chi connectivity index (χ0v) is 19.5. The third-order valence-corrected chi connectivity index (χ3v) is 5.86. The van der Waals surface area contributed by atoms with Crippen LogP contribution in [0.4, 0.5) is 0 Å². The van der Waals surface area contributed by atoms with Gasteiger partial charge >= 0.3 is 5.97 Å². The van der Waals surface area contributed by atoms with Crippen LogP contribution in [0.2, 0.25) is 0 Å². The van der Waals surface area contributed by atoms with Crippen LogP contribution in [-0.2, 0) is 17.6 Å². The molecule has 0 atom stereocenters. The second-order valence-electron chi connectivity index (χ2n) is 8.45. The monoisotopic (exact) mass is 429 g/mol. The van der Waals surface area contributed by atoms with Crippen molar-refractivity contribution >= 4 is 5.97 Å². The first-order chi connectivity index (χ1) is 15.7. The van der Waals surface area contributed by atoms with Crippen molar-refractivity contribution in [2.24, 2.45) is 0 Å². The van der Waals surface area contributed by atoms with Crippen LogP contribution < -0.4 is 0 Å². The number of ether oxygens (including phenoxy) is 1. The lowest BCUT2D eigenvalue weighted by Crippen LogP contribution is -2.09. The molecule has 3 aromatic rings. The maximum absolute atomic E-state index is 12.4. The summed E-state index contributed by atoms with van der Waals surface area (Å²) >= 11 is 0. The van der Waals surface area contributed by atoms with Crippen molar-refractivity contribution in [3.8, 4) is 11.1 Å². The van der Waals surface area contributed by atoms with Gasteiger partial charge < -0.3 is 4.74 Å². The van der Waals surface area contributed by atoms with E-state index in [1.807, 2.05) is 43.3 Å². The highest BCUT2D eigenvalue weighted by Crippen LogP contribution is 2.25. The molecule has 1 aromatic heterocycles. The maximum Gasteiger partial charge on any atom is 0.338 e. The second-order valence-corrected chi connectivity index (χ2v) is 8.45. The number of aromatic nitrogens is 1. The minimum atomic E-state index is -0.287. The van der Waals surface area contributed by atoms with E-state index in [4.69, 9.17) is 4.74 Å². The zero-order valence-electron chi connectivity index (χ0n) is 19.5. The van der Waals surface area contributed by atoms with Crippen LogP contribution in [0.25, 0.3) is 11.1 Å². The Labute approximate surface area is 192 Å². The van der Waals surface area contributed by atoms with E-state index in [-0.39, 0.29) is 5.97 Å². The SMILES string of the molecule is CCCCCCCCc1ccc(-c2ccc(C(=O)OCCc3ccccn3)cc2C)cc1. The van der Waals surface area contributed by atoms with Crippen molar-refractivity contribution < 1.29 is 9.53 Å². The summed E-state index contributed by atoms with van der Waals surface area (Å²) in [5.41, 5.74) is 6.33. The normalized spacial score (nSPS) is 10.8. The number of nitrogens with zero attached hydrogens (tertiary/aromatic N) is 1. The molecule has 0 saturated heterocycles. The summed E-state index contributed by atoms with van der Waals surface area (Å²) in [7, 11) is 0. The quantitative estimate of drug-likeness (QED) is 0.223. The largest absolute Gasteiger partial charge is 0.462 e. The molecule has 2 aromatic carbocycles. The topological polar surface area (TPSA) is 39.2 Å². The smallest absolute Gasteiger partial charge is 0.338 e. The molecule has 0 unspecified atom stereocenters. The lowest BCUT2D eigenvalue weighted by molar-refractivity contribution is 0.0508. The molecule has 0 spiro atoms. The van der Waals surface area contributed by atoms with E-state index in [2.05, 4.69) is 36.2 Å². The third kappa shape index (κ3) is 7.33. The predicted molar refractivity (Wildman–Crippen MR) is 132 cm³/mol. The molecule has 0 saturated carbocycles. The molecule has 1 heterocycles. The molecule has 0 radical (unpaired) electrons. The van der Waals surface area contributed by atoms with Crippen LogP contribution in [-0.4, -0.2) is 17.6 Å². The maximum atomic E-state index is 12.4. The number of carbonyl (C=O) groups excluding carboxylic acids is 1. The van der Waals surface area contributed by atoms with E-state index in [9.17, 15) is 4.79 Å². The number of benzene rings is 2. The summed E-state index contributed by atoms with van der Waals surface area (Å²) < 4.78 is 5.44. The number of esters is 1. The van der Waals surface area contributed by atoms with Gasteiger partial charge in [-0.05, 0) is 66.3 Å².